The van der Waals surface area contributed by atoms with Gasteiger partial charge in [-0.05, 0) is 60.7 Å². The Kier molecular flexibility index (Phi) is 7.36. The number of ether oxygens (including phenoxy) is 1. The van der Waals surface area contributed by atoms with Crippen LogP contribution in [0.3, 0.4) is 0 Å². The fourth-order valence-corrected chi connectivity index (χ4v) is 2.98. The normalized spacial score (nSPS) is 13.0. The van der Waals surface area contributed by atoms with Crippen LogP contribution in [0.5, 0.6) is 0 Å². The van der Waals surface area contributed by atoms with Crippen LogP contribution in [0.15, 0.2) is 30.3 Å². The van der Waals surface area contributed by atoms with Crippen molar-refractivity contribution in [3.63, 3.8) is 0 Å². The molecule has 0 radical (unpaired) electrons. The van der Waals surface area contributed by atoms with Crippen molar-refractivity contribution in [1.29, 1.82) is 0 Å². The highest BCUT2D eigenvalue weighted by Gasteiger charge is 2.37. The average Bonchev–Trinajstić information content (AvgIpc) is 2.50. The largest absolute Gasteiger partial charge is 0.469 e. The average molecular weight is 353 g/mol. The van der Waals surface area contributed by atoms with E-state index in [1.807, 2.05) is 19.2 Å². The molecule has 0 aliphatic rings. The fraction of sp³-hybridized carbons (Fsp3) is 0.526. The van der Waals surface area contributed by atoms with Crippen molar-refractivity contribution in [3.05, 3.63) is 41.7 Å². The zero-order chi connectivity index (χ0) is 18.4. The van der Waals surface area contributed by atoms with Crippen LogP contribution in [0.2, 0.25) is 18.1 Å². The van der Waals surface area contributed by atoms with E-state index in [-0.39, 0.29) is 16.8 Å². The third-order valence-corrected chi connectivity index (χ3v) is 8.42. The Morgan fingerprint density at radius 1 is 1.25 bits per heavy atom. The molecule has 0 unspecified atom stereocenters. The predicted octanol–water partition coefficient (Wildman–Crippen LogP) is 4.92. The lowest BCUT2D eigenvalue weighted by molar-refractivity contribution is -0.140. The van der Waals surface area contributed by atoms with Crippen molar-refractivity contribution in [3.8, 4) is 0 Å². The van der Waals surface area contributed by atoms with Crippen LogP contribution < -0.4 is 0 Å². The number of carbonyl (C=O) groups excluding carboxylic acids is 1. The Morgan fingerprint density at radius 2 is 1.83 bits per heavy atom. The zero-order valence-electron chi connectivity index (χ0n) is 15.4. The zero-order valence-corrected chi connectivity index (χ0v) is 16.4. The van der Waals surface area contributed by atoms with E-state index in [4.69, 9.17) is 0 Å². The summed E-state index contributed by atoms with van der Waals surface area (Å²) in [5.41, 5.74) is 2.03. The van der Waals surface area contributed by atoms with Crippen LogP contribution >= 0.6 is 0 Å². The number of carbonyl (C=O) groups is 1. The predicted molar refractivity (Wildman–Crippen MR) is 98.6 cm³/mol. The third-order valence-electron chi connectivity index (χ3n) is 4.86. The van der Waals surface area contributed by atoms with Gasteiger partial charge in [-0.1, -0.05) is 32.1 Å². The van der Waals surface area contributed by atoms with E-state index >= 15 is 0 Å². The van der Waals surface area contributed by atoms with E-state index in [1.165, 1.54) is 19.2 Å². The lowest BCUT2D eigenvalue weighted by atomic mass is 9.95. The fourth-order valence-electron chi connectivity index (χ4n) is 2.25. The second-order valence-electron chi connectivity index (χ2n) is 7.29. The molecule has 24 heavy (non-hydrogen) atoms. The SMILES string of the molecule is COC(=O)CC/C=C(\CCC(C)(C)[Si](C)(C)O)c1ccc(F)cc1. The molecule has 0 spiro atoms. The molecule has 0 fully saturated rings. The first-order valence-corrected chi connectivity index (χ1v) is 11.3. The second-order valence-corrected chi connectivity index (χ2v) is 11.8. The number of esters is 1. The number of hydrogen-bond acceptors (Lipinski definition) is 3. The van der Waals surface area contributed by atoms with E-state index in [0.29, 0.717) is 12.8 Å². The number of rotatable bonds is 8. The molecule has 0 aliphatic heterocycles. The van der Waals surface area contributed by atoms with E-state index in [9.17, 15) is 14.0 Å². The van der Waals surface area contributed by atoms with Gasteiger partial charge in [-0.2, -0.15) is 0 Å². The van der Waals surface area contributed by atoms with Gasteiger partial charge in [0, 0.05) is 6.42 Å². The molecule has 0 aliphatic carbocycles. The summed E-state index contributed by atoms with van der Waals surface area (Å²) in [6, 6.07) is 6.40. The molecular formula is C19H29FO3Si. The highest BCUT2D eigenvalue weighted by atomic mass is 28.4. The lowest BCUT2D eigenvalue weighted by Gasteiger charge is -2.35. The van der Waals surface area contributed by atoms with Gasteiger partial charge in [0.15, 0.2) is 8.32 Å². The van der Waals surface area contributed by atoms with Crippen molar-refractivity contribution >= 4 is 19.9 Å². The molecule has 1 N–H and O–H groups in total. The van der Waals surface area contributed by atoms with Crippen molar-refractivity contribution in [2.45, 2.75) is 57.7 Å². The quantitative estimate of drug-likeness (QED) is 0.533. The highest BCUT2D eigenvalue weighted by molar-refractivity contribution is 6.72. The number of allylic oxidation sites excluding steroid dienone is 2. The molecule has 0 amide bonds. The minimum Gasteiger partial charge on any atom is -0.469 e. The number of methoxy groups -OCH3 is 1. The van der Waals surface area contributed by atoms with E-state index in [0.717, 1.165) is 24.0 Å². The van der Waals surface area contributed by atoms with Crippen molar-refractivity contribution < 1.29 is 18.7 Å². The Morgan fingerprint density at radius 3 is 2.33 bits per heavy atom. The summed E-state index contributed by atoms with van der Waals surface area (Å²) in [7, 11) is -0.899. The van der Waals surface area contributed by atoms with Gasteiger partial charge in [0.1, 0.15) is 5.82 Å². The van der Waals surface area contributed by atoms with E-state index in [1.54, 1.807) is 12.1 Å². The summed E-state index contributed by atoms with van der Waals surface area (Å²) < 4.78 is 17.8. The first kappa shape index (κ1) is 20.6. The minimum absolute atomic E-state index is 0.130. The van der Waals surface area contributed by atoms with Gasteiger partial charge in [0.05, 0.1) is 7.11 Å². The van der Waals surface area contributed by atoms with Crippen LogP contribution in [-0.4, -0.2) is 26.2 Å². The third kappa shape index (κ3) is 6.21. The molecule has 1 aromatic rings. The summed E-state index contributed by atoms with van der Waals surface area (Å²) in [6.07, 6.45) is 4.54. The molecule has 0 saturated heterocycles. The summed E-state index contributed by atoms with van der Waals surface area (Å²) >= 11 is 0. The molecule has 1 rings (SSSR count). The molecule has 0 bridgehead atoms. The Bertz CT molecular complexity index is 571. The van der Waals surface area contributed by atoms with Crippen LogP contribution in [0.1, 0.15) is 45.1 Å². The maximum Gasteiger partial charge on any atom is 0.305 e. The molecule has 0 heterocycles. The first-order chi connectivity index (χ1) is 11.1. The smallest absolute Gasteiger partial charge is 0.305 e. The van der Waals surface area contributed by atoms with Gasteiger partial charge in [-0.15, -0.1) is 0 Å². The summed E-state index contributed by atoms with van der Waals surface area (Å²) in [5, 5.41) is -0.130. The number of hydrogen-bond donors (Lipinski definition) is 1. The molecule has 1 aromatic carbocycles. The lowest BCUT2D eigenvalue weighted by Crippen LogP contribution is -2.38. The van der Waals surface area contributed by atoms with Gasteiger partial charge in [-0.3, -0.25) is 4.79 Å². The van der Waals surface area contributed by atoms with Gasteiger partial charge >= 0.3 is 5.97 Å². The molecule has 5 heteroatoms. The standard InChI is InChI=1S/C19H29FO3Si/c1-19(2,24(4,5)22)14-13-15(7-6-8-18(21)23-3)16-9-11-17(20)12-10-16/h7,9-12,22H,6,8,13-14H2,1-5H3/b15-7+. The van der Waals surface area contributed by atoms with Gasteiger partial charge in [0.25, 0.3) is 0 Å². The summed E-state index contributed by atoms with van der Waals surface area (Å²) in [4.78, 5) is 21.7. The molecular weight excluding hydrogens is 323 g/mol. The van der Waals surface area contributed by atoms with Crippen LogP contribution in [0.25, 0.3) is 5.57 Å². The van der Waals surface area contributed by atoms with Crippen LogP contribution in [0, 0.1) is 5.82 Å². The molecule has 0 aromatic heterocycles. The Hall–Kier alpha value is -1.46. The molecule has 3 nitrogen and oxygen atoms in total. The molecule has 0 saturated carbocycles. The Balaban J connectivity index is 2.91. The molecule has 0 atom stereocenters. The van der Waals surface area contributed by atoms with Crippen molar-refractivity contribution in [2.24, 2.45) is 0 Å². The topological polar surface area (TPSA) is 46.5 Å². The summed E-state index contributed by atoms with van der Waals surface area (Å²) in [5.74, 6) is -0.508. The van der Waals surface area contributed by atoms with E-state index in [2.05, 4.69) is 18.6 Å². The number of halogens is 1. The maximum absolute atomic E-state index is 13.2. The summed E-state index contributed by atoms with van der Waals surface area (Å²) in [6.45, 7) is 8.09. The highest BCUT2D eigenvalue weighted by Crippen LogP contribution is 2.41. The van der Waals surface area contributed by atoms with E-state index < -0.39 is 8.32 Å². The van der Waals surface area contributed by atoms with Gasteiger partial charge < -0.3 is 9.53 Å². The van der Waals surface area contributed by atoms with Gasteiger partial charge in [0.2, 0.25) is 0 Å². The van der Waals surface area contributed by atoms with Gasteiger partial charge in [-0.25, -0.2) is 4.39 Å². The van der Waals surface area contributed by atoms with Crippen LogP contribution in [0.4, 0.5) is 4.39 Å². The van der Waals surface area contributed by atoms with Crippen LogP contribution in [-0.2, 0) is 9.53 Å². The number of benzene rings is 1. The van der Waals surface area contributed by atoms with Crippen molar-refractivity contribution in [1.82, 2.24) is 0 Å². The monoisotopic (exact) mass is 352 g/mol. The maximum atomic E-state index is 13.2. The second kappa shape index (κ2) is 8.58. The minimum atomic E-state index is -2.28. The molecule has 134 valence electrons. The first-order valence-electron chi connectivity index (χ1n) is 8.31. The Labute approximate surface area is 145 Å². The van der Waals surface area contributed by atoms with Crippen molar-refractivity contribution in [2.75, 3.05) is 7.11 Å².